The summed E-state index contributed by atoms with van der Waals surface area (Å²) in [5.41, 5.74) is 6.18. The highest BCUT2D eigenvalue weighted by atomic mass is 15.1. The van der Waals surface area contributed by atoms with Gasteiger partial charge >= 0.3 is 0 Å². The Morgan fingerprint density at radius 2 is 1.69 bits per heavy atom. The lowest BCUT2D eigenvalue weighted by molar-refractivity contribution is 0.289. The first-order valence-electron chi connectivity index (χ1n) is 5.60. The molecule has 0 aromatic rings. The van der Waals surface area contributed by atoms with Gasteiger partial charge in [-0.05, 0) is 32.9 Å². The molecule has 1 atom stereocenters. The molecule has 2 N–H and O–H groups in total. The van der Waals surface area contributed by atoms with Crippen LogP contribution in [0, 0.1) is 5.92 Å². The van der Waals surface area contributed by atoms with Gasteiger partial charge in [-0.1, -0.05) is 25.7 Å². The average Bonchev–Trinajstić information content (AvgIpc) is 2.29. The molecule has 0 aromatic heterocycles. The van der Waals surface area contributed by atoms with Gasteiger partial charge in [-0.15, -0.1) is 0 Å². The Morgan fingerprint density at radius 1 is 1.15 bits per heavy atom. The number of likely N-dealkylation sites (N-methyl/N-ethyl adjacent to an activating group) is 1. The normalized spacial score (nSPS) is 23.1. The second-order valence-corrected chi connectivity index (χ2v) is 4.68. The zero-order chi connectivity index (χ0) is 9.68. The van der Waals surface area contributed by atoms with Crippen LogP contribution in [-0.4, -0.2) is 31.6 Å². The molecule has 0 amide bonds. The first kappa shape index (κ1) is 11.0. The maximum Gasteiger partial charge on any atom is 0.0196 e. The summed E-state index contributed by atoms with van der Waals surface area (Å²) in [6.45, 7) is 1.05. The molecule has 13 heavy (non-hydrogen) atoms. The minimum atomic E-state index is 0.396. The highest BCUT2D eigenvalue weighted by molar-refractivity contribution is 4.76. The standard InChI is InChI=1S/C11H24N2/c1-13(2)9-11(12)10-7-5-3-4-6-8-10/h10-11H,3-9,12H2,1-2H3. The van der Waals surface area contributed by atoms with E-state index < -0.39 is 0 Å². The summed E-state index contributed by atoms with van der Waals surface area (Å²) in [7, 11) is 4.22. The summed E-state index contributed by atoms with van der Waals surface area (Å²) in [5, 5.41) is 0. The van der Waals surface area contributed by atoms with Crippen LogP contribution in [0.3, 0.4) is 0 Å². The van der Waals surface area contributed by atoms with Gasteiger partial charge in [0.25, 0.3) is 0 Å². The maximum absolute atomic E-state index is 6.18. The van der Waals surface area contributed by atoms with Gasteiger partial charge in [0, 0.05) is 12.6 Å². The van der Waals surface area contributed by atoms with E-state index in [0.717, 1.165) is 12.5 Å². The minimum Gasteiger partial charge on any atom is -0.326 e. The van der Waals surface area contributed by atoms with Gasteiger partial charge in [0.2, 0.25) is 0 Å². The maximum atomic E-state index is 6.18. The lowest BCUT2D eigenvalue weighted by Gasteiger charge is -2.25. The summed E-state index contributed by atoms with van der Waals surface area (Å²) in [4.78, 5) is 2.20. The molecule has 1 unspecified atom stereocenters. The first-order valence-corrected chi connectivity index (χ1v) is 5.60. The number of nitrogens with two attached hydrogens (primary N) is 1. The molecule has 0 aliphatic heterocycles. The van der Waals surface area contributed by atoms with Gasteiger partial charge < -0.3 is 10.6 Å². The number of hydrogen-bond acceptors (Lipinski definition) is 2. The molecule has 1 rings (SSSR count). The average molecular weight is 184 g/mol. The summed E-state index contributed by atoms with van der Waals surface area (Å²) in [5.74, 6) is 0.782. The Morgan fingerprint density at radius 3 is 2.15 bits per heavy atom. The van der Waals surface area contributed by atoms with Crippen LogP contribution in [-0.2, 0) is 0 Å². The Kier molecular flexibility index (Phi) is 4.74. The zero-order valence-electron chi connectivity index (χ0n) is 9.13. The number of rotatable bonds is 3. The fraction of sp³-hybridized carbons (Fsp3) is 1.00. The van der Waals surface area contributed by atoms with Crippen LogP contribution in [0.15, 0.2) is 0 Å². The van der Waals surface area contributed by atoms with Gasteiger partial charge in [-0.25, -0.2) is 0 Å². The van der Waals surface area contributed by atoms with Crippen LogP contribution >= 0.6 is 0 Å². The SMILES string of the molecule is CN(C)CC(N)C1CCCCCC1. The van der Waals surface area contributed by atoms with E-state index in [-0.39, 0.29) is 0 Å². The van der Waals surface area contributed by atoms with E-state index in [2.05, 4.69) is 19.0 Å². The van der Waals surface area contributed by atoms with Gasteiger partial charge in [-0.2, -0.15) is 0 Å². The third kappa shape index (κ3) is 4.10. The molecule has 1 saturated carbocycles. The molecule has 78 valence electrons. The minimum absolute atomic E-state index is 0.396. The van der Waals surface area contributed by atoms with E-state index in [1.54, 1.807) is 0 Å². The van der Waals surface area contributed by atoms with Crippen molar-refractivity contribution >= 4 is 0 Å². The molecular weight excluding hydrogens is 160 g/mol. The second-order valence-electron chi connectivity index (χ2n) is 4.68. The Labute approximate surface area is 82.5 Å². The third-order valence-electron chi connectivity index (χ3n) is 3.08. The molecule has 0 spiro atoms. The molecule has 0 saturated heterocycles. The molecule has 0 aromatic carbocycles. The largest absolute Gasteiger partial charge is 0.326 e. The molecule has 2 heteroatoms. The highest BCUT2D eigenvalue weighted by Crippen LogP contribution is 2.24. The third-order valence-corrected chi connectivity index (χ3v) is 3.08. The topological polar surface area (TPSA) is 29.3 Å². The smallest absolute Gasteiger partial charge is 0.0196 e. The molecule has 1 aliphatic carbocycles. The van der Waals surface area contributed by atoms with Crippen molar-refractivity contribution in [2.45, 2.75) is 44.6 Å². The molecule has 2 nitrogen and oxygen atoms in total. The van der Waals surface area contributed by atoms with Crippen LogP contribution in [0.5, 0.6) is 0 Å². The van der Waals surface area contributed by atoms with Crippen LogP contribution in [0.2, 0.25) is 0 Å². The van der Waals surface area contributed by atoms with Crippen molar-refractivity contribution in [1.29, 1.82) is 0 Å². The van der Waals surface area contributed by atoms with E-state index in [1.165, 1.54) is 38.5 Å². The van der Waals surface area contributed by atoms with Crippen LogP contribution in [0.4, 0.5) is 0 Å². The first-order chi connectivity index (χ1) is 6.20. The lowest BCUT2D eigenvalue weighted by atomic mass is 9.92. The van der Waals surface area contributed by atoms with Crippen molar-refractivity contribution in [3.63, 3.8) is 0 Å². The zero-order valence-corrected chi connectivity index (χ0v) is 9.13. The van der Waals surface area contributed by atoms with E-state index >= 15 is 0 Å². The predicted molar refractivity (Wildman–Crippen MR) is 57.7 cm³/mol. The van der Waals surface area contributed by atoms with Gasteiger partial charge in [-0.3, -0.25) is 0 Å². The van der Waals surface area contributed by atoms with E-state index in [0.29, 0.717) is 6.04 Å². The van der Waals surface area contributed by atoms with Gasteiger partial charge in [0.05, 0.1) is 0 Å². The van der Waals surface area contributed by atoms with Gasteiger partial charge in [0.15, 0.2) is 0 Å². The van der Waals surface area contributed by atoms with E-state index in [1.807, 2.05) is 0 Å². The lowest BCUT2D eigenvalue weighted by Crippen LogP contribution is -2.39. The van der Waals surface area contributed by atoms with Crippen LogP contribution < -0.4 is 5.73 Å². The number of nitrogens with zero attached hydrogens (tertiary/aromatic N) is 1. The summed E-state index contributed by atoms with van der Waals surface area (Å²) >= 11 is 0. The fourth-order valence-corrected chi connectivity index (χ4v) is 2.31. The van der Waals surface area contributed by atoms with E-state index in [4.69, 9.17) is 5.73 Å². The second kappa shape index (κ2) is 5.61. The quantitative estimate of drug-likeness (QED) is 0.678. The molecule has 0 bridgehead atoms. The molecule has 0 heterocycles. The summed E-state index contributed by atoms with van der Waals surface area (Å²) in [6, 6.07) is 0.396. The van der Waals surface area contributed by atoms with Crippen LogP contribution in [0.1, 0.15) is 38.5 Å². The van der Waals surface area contributed by atoms with Crippen molar-refractivity contribution in [3.05, 3.63) is 0 Å². The van der Waals surface area contributed by atoms with E-state index in [9.17, 15) is 0 Å². The molecule has 1 aliphatic rings. The predicted octanol–water partition coefficient (Wildman–Crippen LogP) is 1.85. The molecular formula is C11H24N2. The Balaban J connectivity index is 2.30. The monoisotopic (exact) mass is 184 g/mol. The Bertz CT molecular complexity index is 126. The summed E-state index contributed by atoms with van der Waals surface area (Å²) < 4.78 is 0. The molecule has 1 fully saturated rings. The molecule has 0 radical (unpaired) electrons. The Hall–Kier alpha value is -0.0800. The van der Waals surface area contributed by atoms with Gasteiger partial charge in [0.1, 0.15) is 0 Å². The highest BCUT2D eigenvalue weighted by Gasteiger charge is 2.19. The number of hydrogen-bond donors (Lipinski definition) is 1. The summed E-state index contributed by atoms with van der Waals surface area (Å²) in [6.07, 6.45) is 8.35. The van der Waals surface area contributed by atoms with Crippen LogP contribution in [0.25, 0.3) is 0 Å². The van der Waals surface area contributed by atoms with Crippen molar-refractivity contribution < 1.29 is 0 Å². The fourth-order valence-electron chi connectivity index (χ4n) is 2.31. The van der Waals surface area contributed by atoms with Crippen molar-refractivity contribution in [2.24, 2.45) is 11.7 Å². The van der Waals surface area contributed by atoms with Crippen molar-refractivity contribution in [1.82, 2.24) is 4.90 Å². The van der Waals surface area contributed by atoms with Crippen molar-refractivity contribution in [2.75, 3.05) is 20.6 Å². The van der Waals surface area contributed by atoms with Crippen molar-refractivity contribution in [3.8, 4) is 0 Å².